The SMILES string of the molecule is COc1ncc(-c2ccc3ncc4c(c3c2)C2(CC2)C(=O)N4CC2=CCN=C2)cc1NS(=O)(=O)c1ccccc1. The number of nitrogens with one attached hydrogen (secondary N) is 1. The van der Waals surface area contributed by atoms with Gasteiger partial charge in [-0.25, -0.2) is 13.4 Å². The highest BCUT2D eigenvalue weighted by Gasteiger charge is 2.60. The number of aliphatic imine (C=N–C) groups is 1. The van der Waals surface area contributed by atoms with Crippen LogP contribution in [0.15, 0.2) is 88.5 Å². The molecule has 9 nitrogen and oxygen atoms in total. The number of carbonyl (C=O) groups is 1. The van der Waals surface area contributed by atoms with E-state index in [2.05, 4.69) is 14.7 Å². The van der Waals surface area contributed by atoms with E-state index in [1.165, 1.54) is 19.2 Å². The second-order valence-electron chi connectivity index (χ2n) is 10.2. The normalized spacial score (nSPS) is 16.9. The number of benzene rings is 2. The van der Waals surface area contributed by atoms with Crippen LogP contribution in [0.25, 0.3) is 22.0 Å². The van der Waals surface area contributed by atoms with Gasteiger partial charge in [0, 0.05) is 28.9 Å². The minimum absolute atomic E-state index is 0.118. The summed E-state index contributed by atoms with van der Waals surface area (Å²) in [5, 5.41) is 0.916. The summed E-state index contributed by atoms with van der Waals surface area (Å²) in [6, 6.07) is 15.7. The number of ether oxygens (including phenoxy) is 1. The minimum Gasteiger partial charge on any atom is -0.480 e. The van der Waals surface area contributed by atoms with E-state index in [0.717, 1.165) is 46.1 Å². The second-order valence-corrected chi connectivity index (χ2v) is 11.9. The minimum atomic E-state index is -3.85. The molecule has 1 N–H and O–H groups in total. The Labute approximate surface area is 231 Å². The zero-order chi connectivity index (χ0) is 27.5. The molecule has 3 aliphatic rings. The van der Waals surface area contributed by atoms with Gasteiger partial charge < -0.3 is 9.64 Å². The summed E-state index contributed by atoms with van der Waals surface area (Å²) in [5.74, 6) is 0.279. The quantitative estimate of drug-likeness (QED) is 0.362. The number of amides is 1. The van der Waals surface area contributed by atoms with Gasteiger partial charge in [-0.3, -0.25) is 19.5 Å². The van der Waals surface area contributed by atoms with Crippen LogP contribution in [0.5, 0.6) is 5.88 Å². The molecule has 0 saturated heterocycles. The third-order valence-corrected chi connectivity index (χ3v) is 9.14. The van der Waals surface area contributed by atoms with Crippen molar-refractivity contribution in [2.75, 3.05) is 29.8 Å². The van der Waals surface area contributed by atoms with Crippen molar-refractivity contribution in [3.05, 3.63) is 84.2 Å². The van der Waals surface area contributed by atoms with Gasteiger partial charge in [-0.1, -0.05) is 30.3 Å². The highest BCUT2D eigenvalue weighted by atomic mass is 32.2. The fraction of sp³-hybridized carbons (Fsp3) is 0.200. The van der Waals surface area contributed by atoms with E-state index in [-0.39, 0.29) is 22.4 Å². The van der Waals surface area contributed by atoms with Gasteiger partial charge >= 0.3 is 0 Å². The molecule has 2 aliphatic heterocycles. The number of hydrogen-bond acceptors (Lipinski definition) is 7. The Balaban J connectivity index is 1.31. The monoisotopic (exact) mass is 551 g/mol. The number of methoxy groups -OCH3 is 1. The molecule has 0 bridgehead atoms. The largest absolute Gasteiger partial charge is 0.480 e. The average Bonchev–Trinajstić information content (AvgIpc) is 3.54. The van der Waals surface area contributed by atoms with Crippen LogP contribution in [-0.4, -0.2) is 50.7 Å². The van der Waals surface area contributed by atoms with Gasteiger partial charge in [-0.05, 0) is 54.3 Å². The van der Waals surface area contributed by atoms with E-state index in [1.54, 1.807) is 36.7 Å². The lowest BCUT2D eigenvalue weighted by Gasteiger charge is -2.17. The molecule has 200 valence electrons. The van der Waals surface area contributed by atoms with Gasteiger partial charge in [0.05, 0.1) is 47.9 Å². The van der Waals surface area contributed by atoms with Crippen LogP contribution in [0.2, 0.25) is 0 Å². The Kier molecular flexibility index (Phi) is 5.50. The maximum absolute atomic E-state index is 13.6. The van der Waals surface area contributed by atoms with Gasteiger partial charge in [0.2, 0.25) is 11.8 Å². The summed E-state index contributed by atoms with van der Waals surface area (Å²) >= 11 is 0. The van der Waals surface area contributed by atoms with Crippen LogP contribution in [0.1, 0.15) is 18.4 Å². The fourth-order valence-corrected chi connectivity index (χ4v) is 6.69. The highest BCUT2D eigenvalue weighted by molar-refractivity contribution is 7.92. The first-order valence-corrected chi connectivity index (χ1v) is 14.4. The molecule has 2 aromatic heterocycles. The molecule has 0 atom stereocenters. The number of sulfonamides is 1. The Morgan fingerprint density at radius 3 is 2.58 bits per heavy atom. The lowest BCUT2D eigenvalue weighted by atomic mass is 9.92. The van der Waals surface area contributed by atoms with Gasteiger partial charge in [-0.15, -0.1) is 0 Å². The number of hydrogen-bond donors (Lipinski definition) is 1. The first-order valence-electron chi connectivity index (χ1n) is 13.0. The van der Waals surface area contributed by atoms with Crippen LogP contribution < -0.4 is 14.4 Å². The maximum Gasteiger partial charge on any atom is 0.262 e. The lowest BCUT2D eigenvalue weighted by molar-refractivity contribution is -0.120. The molecule has 1 saturated carbocycles. The van der Waals surface area contributed by atoms with Crippen LogP contribution in [0.4, 0.5) is 11.4 Å². The highest BCUT2D eigenvalue weighted by Crippen LogP contribution is 2.59. The molecule has 4 heterocycles. The molecule has 1 fully saturated rings. The zero-order valence-corrected chi connectivity index (χ0v) is 22.5. The van der Waals surface area contributed by atoms with Crippen LogP contribution in [-0.2, 0) is 20.2 Å². The number of carbonyl (C=O) groups excluding carboxylic acids is 1. The van der Waals surface area contributed by atoms with Crippen molar-refractivity contribution >= 4 is 44.4 Å². The van der Waals surface area contributed by atoms with Gasteiger partial charge in [0.25, 0.3) is 10.0 Å². The molecule has 1 spiro atoms. The predicted octanol–water partition coefficient (Wildman–Crippen LogP) is 4.50. The smallest absolute Gasteiger partial charge is 0.262 e. The summed E-state index contributed by atoms with van der Waals surface area (Å²) in [4.78, 5) is 29.0. The Hall–Kier alpha value is -4.57. The molecule has 10 heteroatoms. The molecule has 4 aromatic rings. The molecular weight excluding hydrogens is 526 g/mol. The molecule has 2 aromatic carbocycles. The number of nitrogens with zero attached hydrogens (tertiary/aromatic N) is 4. The van der Waals surface area contributed by atoms with Crippen molar-refractivity contribution in [2.24, 2.45) is 4.99 Å². The molecule has 40 heavy (non-hydrogen) atoms. The number of fused-ring (bicyclic) bond motifs is 4. The topological polar surface area (TPSA) is 114 Å². The average molecular weight is 552 g/mol. The zero-order valence-electron chi connectivity index (χ0n) is 21.7. The van der Waals surface area contributed by atoms with Crippen LogP contribution >= 0.6 is 0 Å². The van der Waals surface area contributed by atoms with Crippen molar-refractivity contribution in [1.29, 1.82) is 0 Å². The molecule has 1 amide bonds. The third kappa shape index (κ3) is 3.86. The molecule has 0 unspecified atom stereocenters. The molecule has 0 radical (unpaired) electrons. The van der Waals surface area contributed by atoms with Gasteiger partial charge in [0.15, 0.2) is 0 Å². The van der Waals surface area contributed by atoms with Crippen molar-refractivity contribution in [3.63, 3.8) is 0 Å². The summed E-state index contributed by atoms with van der Waals surface area (Å²) in [6.07, 6.45) is 8.94. The van der Waals surface area contributed by atoms with Crippen LogP contribution in [0.3, 0.4) is 0 Å². The molecule has 7 rings (SSSR count). The van der Waals surface area contributed by atoms with E-state index in [0.29, 0.717) is 18.7 Å². The van der Waals surface area contributed by atoms with E-state index in [1.807, 2.05) is 35.4 Å². The first-order chi connectivity index (χ1) is 19.4. The number of pyridine rings is 2. The van der Waals surface area contributed by atoms with Crippen molar-refractivity contribution < 1.29 is 17.9 Å². The van der Waals surface area contributed by atoms with Crippen molar-refractivity contribution in [1.82, 2.24) is 9.97 Å². The van der Waals surface area contributed by atoms with E-state index in [4.69, 9.17) is 9.72 Å². The Morgan fingerprint density at radius 1 is 1.02 bits per heavy atom. The van der Waals surface area contributed by atoms with E-state index < -0.39 is 15.4 Å². The summed E-state index contributed by atoms with van der Waals surface area (Å²) in [6.45, 7) is 1.13. The maximum atomic E-state index is 13.6. The summed E-state index contributed by atoms with van der Waals surface area (Å²) in [7, 11) is -2.41. The summed E-state index contributed by atoms with van der Waals surface area (Å²) < 4.78 is 34.0. The summed E-state index contributed by atoms with van der Waals surface area (Å²) in [5.41, 5.74) is 4.93. The lowest BCUT2D eigenvalue weighted by Crippen LogP contribution is -2.33. The Bertz CT molecular complexity index is 1860. The van der Waals surface area contributed by atoms with E-state index >= 15 is 0 Å². The number of aromatic nitrogens is 2. The van der Waals surface area contributed by atoms with Crippen molar-refractivity contribution in [3.8, 4) is 17.0 Å². The molecule has 1 aliphatic carbocycles. The van der Waals surface area contributed by atoms with E-state index in [9.17, 15) is 13.2 Å². The number of anilines is 2. The fourth-order valence-electron chi connectivity index (χ4n) is 5.62. The molecular formula is C30H25N5O4S. The van der Waals surface area contributed by atoms with Crippen molar-refractivity contribution in [2.45, 2.75) is 23.2 Å². The standard InChI is InChI=1S/C30H25N5O4S/c1-39-28-25(34-40(37,38)22-5-3-2-4-6-22)14-21(16-33-28)20-7-8-24-23(13-20)27-26(17-32-24)35(18-19-9-12-31-15-19)29(36)30(27)10-11-30/h2-9,13-17,34H,10-12,18H2,1H3. The van der Waals surface area contributed by atoms with Crippen LogP contribution in [0, 0.1) is 0 Å². The number of rotatable bonds is 7. The predicted molar refractivity (Wildman–Crippen MR) is 153 cm³/mol. The van der Waals surface area contributed by atoms with Gasteiger partial charge in [0.1, 0.15) is 5.69 Å². The Morgan fingerprint density at radius 2 is 1.85 bits per heavy atom. The van der Waals surface area contributed by atoms with Gasteiger partial charge in [-0.2, -0.15) is 0 Å². The second kappa shape index (κ2) is 8.99. The first kappa shape index (κ1) is 24.5. The third-order valence-electron chi connectivity index (χ3n) is 7.75.